The van der Waals surface area contributed by atoms with E-state index in [4.69, 9.17) is 16.3 Å². The number of ether oxygens (including phenoxy) is 1. The molecule has 20 heavy (non-hydrogen) atoms. The molecule has 0 saturated heterocycles. The number of anilines is 1. The smallest absolute Gasteiger partial charge is 0.145 e. The minimum atomic E-state index is -0.493. The second-order valence-electron chi connectivity index (χ2n) is 4.37. The van der Waals surface area contributed by atoms with Crippen molar-refractivity contribution >= 4 is 33.2 Å². The zero-order valence-electron chi connectivity index (χ0n) is 10.9. The third-order valence-electron chi connectivity index (χ3n) is 2.67. The molecule has 0 aliphatic carbocycles. The molecule has 2 rings (SSSR count). The van der Waals surface area contributed by atoms with Gasteiger partial charge >= 0.3 is 0 Å². The van der Waals surface area contributed by atoms with Crippen molar-refractivity contribution in [3.8, 4) is 5.75 Å². The van der Waals surface area contributed by atoms with Crippen LogP contribution in [0, 0.1) is 5.82 Å². The second-order valence-corrected chi connectivity index (χ2v) is 5.63. The molecule has 106 valence electrons. The first-order valence-corrected chi connectivity index (χ1v) is 7.33. The third kappa shape index (κ3) is 4.12. The van der Waals surface area contributed by atoms with Gasteiger partial charge in [-0.15, -0.1) is 0 Å². The Balaban J connectivity index is 1.95. The fraction of sp³-hybridized carbons (Fsp3) is 0.200. The molecule has 0 radical (unpaired) electrons. The Kier molecular flexibility index (Phi) is 5.26. The first-order chi connectivity index (χ1) is 9.56. The summed E-state index contributed by atoms with van der Waals surface area (Å²) in [5.74, 6) is -0.0534. The summed E-state index contributed by atoms with van der Waals surface area (Å²) in [6, 6.07) is 12.6. The summed E-state index contributed by atoms with van der Waals surface area (Å²) in [6.07, 6.45) is -0.118. The lowest BCUT2D eigenvalue weighted by atomic mass is 10.3. The minimum Gasteiger partial charge on any atom is -0.488 e. The number of hydrogen-bond acceptors (Lipinski definition) is 2. The lowest BCUT2D eigenvalue weighted by Gasteiger charge is -2.17. The summed E-state index contributed by atoms with van der Waals surface area (Å²) < 4.78 is 19.7. The van der Waals surface area contributed by atoms with Gasteiger partial charge in [-0.3, -0.25) is 0 Å². The average molecular weight is 359 g/mol. The number of hydrogen-bond donors (Lipinski definition) is 1. The highest BCUT2D eigenvalue weighted by Crippen LogP contribution is 2.31. The fourth-order valence-electron chi connectivity index (χ4n) is 1.67. The molecule has 0 aliphatic rings. The Hall–Kier alpha value is -1.26. The highest BCUT2D eigenvalue weighted by atomic mass is 79.9. The van der Waals surface area contributed by atoms with E-state index in [0.717, 1.165) is 5.69 Å². The summed E-state index contributed by atoms with van der Waals surface area (Å²) >= 11 is 9.00. The van der Waals surface area contributed by atoms with Crippen LogP contribution in [0.4, 0.5) is 10.1 Å². The summed E-state index contributed by atoms with van der Waals surface area (Å²) in [4.78, 5) is 0. The van der Waals surface area contributed by atoms with Crippen LogP contribution in [-0.4, -0.2) is 12.6 Å². The van der Waals surface area contributed by atoms with E-state index in [1.165, 1.54) is 12.1 Å². The molecule has 0 saturated carbocycles. The predicted octanol–water partition coefficient (Wildman–Crippen LogP) is 5.12. The van der Waals surface area contributed by atoms with Gasteiger partial charge < -0.3 is 10.1 Å². The van der Waals surface area contributed by atoms with Crippen LogP contribution in [0.2, 0.25) is 5.02 Å². The zero-order valence-corrected chi connectivity index (χ0v) is 13.2. The quantitative estimate of drug-likeness (QED) is 0.749. The molecule has 0 amide bonds. The van der Waals surface area contributed by atoms with Crippen molar-refractivity contribution in [3.05, 3.63) is 57.8 Å². The van der Waals surface area contributed by atoms with Crippen LogP contribution in [0.1, 0.15) is 6.92 Å². The Morgan fingerprint density at radius 3 is 2.70 bits per heavy atom. The molecular weight excluding hydrogens is 345 g/mol. The van der Waals surface area contributed by atoms with Gasteiger partial charge in [0.2, 0.25) is 0 Å². The maximum absolute atomic E-state index is 13.4. The fourth-order valence-corrected chi connectivity index (χ4v) is 2.40. The molecule has 0 aliphatic heterocycles. The van der Waals surface area contributed by atoms with Crippen LogP contribution in [0.5, 0.6) is 5.75 Å². The number of benzene rings is 2. The van der Waals surface area contributed by atoms with Gasteiger partial charge in [0.15, 0.2) is 0 Å². The number of para-hydroxylation sites is 1. The largest absolute Gasteiger partial charge is 0.488 e. The van der Waals surface area contributed by atoms with Gasteiger partial charge in [-0.05, 0) is 41.1 Å². The second kappa shape index (κ2) is 6.95. The van der Waals surface area contributed by atoms with E-state index in [0.29, 0.717) is 16.8 Å². The molecule has 0 fully saturated rings. The van der Waals surface area contributed by atoms with E-state index in [2.05, 4.69) is 21.2 Å². The molecule has 0 bridgehead atoms. The van der Waals surface area contributed by atoms with Gasteiger partial charge in [-0.25, -0.2) is 4.39 Å². The van der Waals surface area contributed by atoms with E-state index < -0.39 is 5.82 Å². The Bertz CT molecular complexity index is 580. The first kappa shape index (κ1) is 15.1. The SMILES string of the molecule is CC(CNc1ccccc1)Oc1cc(F)c(Cl)cc1Br. The third-order valence-corrected chi connectivity index (χ3v) is 3.58. The van der Waals surface area contributed by atoms with Crippen LogP contribution in [0.25, 0.3) is 0 Å². The van der Waals surface area contributed by atoms with Crippen molar-refractivity contribution in [2.75, 3.05) is 11.9 Å². The van der Waals surface area contributed by atoms with Gasteiger partial charge in [0.25, 0.3) is 0 Å². The molecule has 0 spiro atoms. The molecule has 1 atom stereocenters. The Labute approximate surface area is 131 Å². The minimum absolute atomic E-state index is 0.0688. The molecular formula is C15H14BrClFNO. The predicted molar refractivity (Wildman–Crippen MR) is 84.1 cm³/mol. The molecule has 1 unspecified atom stereocenters. The average Bonchev–Trinajstić information content (AvgIpc) is 2.44. The van der Waals surface area contributed by atoms with Crippen LogP contribution in [0.3, 0.4) is 0 Å². The summed E-state index contributed by atoms with van der Waals surface area (Å²) in [7, 11) is 0. The number of halogens is 3. The van der Waals surface area contributed by atoms with E-state index in [9.17, 15) is 4.39 Å². The molecule has 2 nitrogen and oxygen atoms in total. The van der Waals surface area contributed by atoms with E-state index >= 15 is 0 Å². The lowest BCUT2D eigenvalue weighted by molar-refractivity contribution is 0.232. The van der Waals surface area contributed by atoms with Crippen molar-refractivity contribution in [1.29, 1.82) is 0 Å². The van der Waals surface area contributed by atoms with Crippen LogP contribution < -0.4 is 10.1 Å². The van der Waals surface area contributed by atoms with Gasteiger partial charge in [-0.1, -0.05) is 29.8 Å². The molecule has 2 aromatic rings. The van der Waals surface area contributed by atoms with Crippen molar-refractivity contribution in [2.45, 2.75) is 13.0 Å². The Morgan fingerprint density at radius 2 is 2.00 bits per heavy atom. The van der Waals surface area contributed by atoms with Gasteiger partial charge in [0.1, 0.15) is 17.7 Å². The van der Waals surface area contributed by atoms with Crippen molar-refractivity contribution in [1.82, 2.24) is 0 Å². The first-order valence-electron chi connectivity index (χ1n) is 6.16. The van der Waals surface area contributed by atoms with Crippen LogP contribution in [0.15, 0.2) is 46.9 Å². The lowest BCUT2D eigenvalue weighted by Crippen LogP contribution is -2.22. The number of rotatable bonds is 5. The standard InChI is InChI=1S/C15H14BrClFNO/c1-10(9-19-11-5-3-2-4-6-11)20-15-8-14(18)13(17)7-12(15)16/h2-8,10,19H,9H2,1H3. The maximum atomic E-state index is 13.4. The van der Waals surface area contributed by atoms with Crippen LogP contribution in [-0.2, 0) is 0 Å². The monoisotopic (exact) mass is 357 g/mol. The van der Waals surface area contributed by atoms with Gasteiger partial charge in [0, 0.05) is 11.8 Å². The summed E-state index contributed by atoms with van der Waals surface area (Å²) in [5, 5.41) is 3.32. The topological polar surface area (TPSA) is 21.3 Å². The normalized spacial score (nSPS) is 12.0. The highest BCUT2D eigenvalue weighted by molar-refractivity contribution is 9.10. The van der Waals surface area contributed by atoms with Crippen LogP contribution >= 0.6 is 27.5 Å². The van der Waals surface area contributed by atoms with E-state index in [-0.39, 0.29) is 11.1 Å². The van der Waals surface area contributed by atoms with Gasteiger partial charge in [0.05, 0.1) is 16.0 Å². The van der Waals surface area contributed by atoms with Crippen molar-refractivity contribution in [3.63, 3.8) is 0 Å². The zero-order chi connectivity index (χ0) is 14.5. The maximum Gasteiger partial charge on any atom is 0.145 e. The van der Waals surface area contributed by atoms with Crippen molar-refractivity contribution in [2.24, 2.45) is 0 Å². The molecule has 2 aromatic carbocycles. The molecule has 1 N–H and O–H groups in total. The summed E-state index contributed by atoms with van der Waals surface area (Å²) in [6.45, 7) is 2.52. The highest BCUT2D eigenvalue weighted by Gasteiger charge is 2.11. The molecule has 0 heterocycles. The Morgan fingerprint density at radius 1 is 1.30 bits per heavy atom. The summed E-state index contributed by atoms with van der Waals surface area (Å²) in [5.41, 5.74) is 1.02. The molecule has 5 heteroatoms. The van der Waals surface area contributed by atoms with E-state index in [1.807, 2.05) is 37.3 Å². The number of nitrogens with one attached hydrogen (secondary N) is 1. The van der Waals surface area contributed by atoms with E-state index in [1.54, 1.807) is 0 Å². The van der Waals surface area contributed by atoms with Gasteiger partial charge in [-0.2, -0.15) is 0 Å². The van der Waals surface area contributed by atoms with Crippen molar-refractivity contribution < 1.29 is 9.13 Å². The molecule has 0 aromatic heterocycles.